The number of aliphatic hydroxyl groups is 4. The fraction of sp³-hybridized carbons (Fsp3) is 0.456. The lowest BCUT2D eigenvalue weighted by Gasteiger charge is -2.56. The van der Waals surface area contributed by atoms with Gasteiger partial charge in [0.25, 0.3) is 0 Å². The molecule has 1 spiro atoms. The highest BCUT2D eigenvalue weighted by molar-refractivity contribution is 6.19. The van der Waals surface area contributed by atoms with Crippen molar-refractivity contribution < 1.29 is 63.2 Å². The molecule has 4 heterocycles. The van der Waals surface area contributed by atoms with E-state index in [2.05, 4.69) is 6.08 Å². The first-order chi connectivity index (χ1) is 33.3. The highest BCUT2D eigenvalue weighted by atomic mass is 16.7. The van der Waals surface area contributed by atoms with Crippen molar-refractivity contribution in [2.75, 3.05) is 6.61 Å². The van der Waals surface area contributed by atoms with Crippen molar-refractivity contribution in [2.45, 2.75) is 147 Å². The Hall–Kier alpha value is -5.67. The average molecular weight is 957 g/mol. The zero-order valence-electron chi connectivity index (χ0n) is 41.1. The normalized spacial score (nSPS) is 31.1. The SMILES string of the molecule is CC(C)=CCCC1(C)C=Cc2c(c(CC=C(C)C)c3c(c2O[C@@H]2O[C@H](CO)[C@@H](O)[C@@H](O)[C@H]2O)C(=O)C2=CC4CC5C(C)(C)OC(CC=C(C)C(=O)OC(c6ccccc6)c6ccccc6)(C4=O)C25O3)O1. The number of benzene rings is 3. The minimum Gasteiger partial charge on any atom is -0.482 e. The van der Waals surface area contributed by atoms with Gasteiger partial charge in [-0.1, -0.05) is 96.1 Å². The molecule has 10 rings (SSSR count). The Balaban J connectivity index is 1.19. The summed E-state index contributed by atoms with van der Waals surface area (Å²) in [5.41, 5.74) is -0.355. The molecule has 3 aliphatic carbocycles. The van der Waals surface area contributed by atoms with Crippen LogP contribution in [0.3, 0.4) is 0 Å². The molecule has 3 aromatic rings. The minimum absolute atomic E-state index is 0.0124. The van der Waals surface area contributed by atoms with E-state index in [9.17, 15) is 25.2 Å². The van der Waals surface area contributed by atoms with Crippen LogP contribution in [0.4, 0.5) is 0 Å². The maximum atomic E-state index is 15.9. The summed E-state index contributed by atoms with van der Waals surface area (Å²) in [6.07, 6.45) is 3.98. The second-order valence-electron chi connectivity index (χ2n) is 20.9. The lowest BCUT2D eigenvalue weighted by molar-refractivity contribution is -0.277. The molecule has 0 aromatic heterocycles. The molecule has 7 aliphatic rings. The van der Waals surface area contributed by atoms with Crippen LogP contribution in [0.5, 0.6) is 17.2 Å². The van der Waals surface area contributed by atoms with E-state index < -0.39 is 89.4 Å². The van der Waals surface area contributed by atoms with Crippen LogP contribution < -0.4 is 14.2 Å². The van der Waals surface area contributed by atoms with Gasteiger partial charge in [0, 0.05) is 35.0 Å². The molecular formula is C57H64O13. The topological polar surface area (TPSA) is 188 Å². The number of esters is 1. The number of carbonyl (C=O) groups excluding carboxylic acids is 3. The second-order valence-corrected chi connectivity index (χ2v) is 20.9. The summed E-state index contributed by atoms with van der Waals surface area (Å²) in [7, 11) is 0. The summed E-state index contributed by atoms with van der Waals surface area (Å²) in [6.45, 7) is 14.7. The van der Waals surface area contributed by atoms with Crippen LogP contribution in [-0.2, 0) is 30.2 Å². The summed E-state index contributed by atoms with van der Waals surface area (Å²) in [5.74, 6) is -2.27. The molecule has 13 nitrogen and oxygen atoms in total. The predicted octanol–water partition coefficient (Wildman–Crippen LogP) is 7.96. The van der Waals surface area contributed by atoms with E-state index in [0.29, 0.717) is 36.1 Å². The zero-order chi connectivity index (χ0) is 50.1. The number of hydrogen-bond acceptors (Lipinski definition) is 13. The molecular weight excluding hydrogens is 893 g/mol. The molecule has 5 unspecified atom stereocenters. The molecule has 0 radical (unpaired) electrons. The number of fused-ring (bicyclic) bond motifs is 2. The molecule has 13 heteroatoms. The van der Waals surface area contributed by atoms with Gasteiger partial charge < -0.3 is 48.8 Å². The van der Waals surface area contributed by atoms with Crippen molar-refractivity contribution in [2.24, 2.45) is 11.8 Å². The third-order valence-corrected chi connectivity index (χ3v) is 15.0. The zero-order valence-corrected chi connectivity index (χ0v) is 41.1. The molecule has 370 valence electrons. The number of hydrogen-bond donors (Lipinski definition) is 4. The Kier molecular flexibility index (Phi) is 13.0. The molecule has 70 heavy (non-hydrogen) atoms. The van der Waals surface area contributed by atoms with E-state index in [-0.39, 0.29) is 46.8 Å². The van der Waals surface area contributed by atoms with Crippen LogP contribution in [0.2, 0.25) is 0 Å². The first-order valence-corrected chi connectivity index (χ1v) is 24.3. The Labute approximate surface area is 409 Å². The van der Waals surface area contributed by atoms with E-state index in [0.717, 1.165) is 22.3 Å². The molecule has 3 fully saturated rings. The number of allylic oxidation sites excluding steroid dienone is 5. The van der Waals surface area contributed by atoms with Crippen molar-refractivity contribution in [1.82, 2.24) is 0 Å². The number of aliphatic hydroxyl groups excluding tert-OH is 4. The van der Waals surface area contributed by atoms with Crippen LogP contribution >= 0.6 is 0 Å². The molecule has 0 amide bonds. The van der Waals surface area contributed by atoms with Gasteiger partial charge >= 0.3 is 5.97 Å². The smallest absolute Gasteiger partial charge is 0.334 e. The largest absolute Gasteiger partial charge is 0.482 e. The van der Waals surface area contributed by atoms with E-state index in [1.165, 1.54) is 0 Å². The lowest BCUT2D eigenvalue weighted by atomic mass is 9.51. The molecule has 1 saturated carbocycles. The van der Waals surface area contributed by atoms with Gasteiger partial charge in [0.05, 0.1) is 17.8 Å². The van der Waals surface area contributed by atoms with Crippen molar-refractivity contribution in [3.8, 4) is 17.2 Å². The second kappa shape index (κ2) is 18.5. The molecule has 10 atom stereocenters. The van der Waals surface area contributed by atoms with Crippen molar-refractivity contribution >= 4 is 23.6 Å². The van der Waals surface area contributed by atoms with Crippen LogP contribution in [0, 0.1) is 11.8 Å². The Morgan fingerprint density at radius 1 is 0.843 bits per heavy atom. The van der Waals surface area contributed by atoms with Crippen LogP contribution in [0.1, 0.15) is 120 Å². The van der Waals surface area contributed by atoms with E-state index in [1.54, 1.807) is 19.1 Å². The number of ketones is 2. The van der Waals surface area contributed by atoms with Crippen molar-refractivity contribution in [3.63, 3.8) is 0 Å². The third-order valence-electron chi connectivity index (χ3n) is 15.0. The average Bonchev–Trinajstić information content (AvgIpc) is 3.49. The number of ether oxygens (including phenoxy) is 6. The van der Waals surface area contributed by atoms with Crippen LogP contribution in [0.25, 0.3) is 6.08 Å². The summed E-state index contributed by atoms with van der Waals surface area (Å²) in [6, 6.07) is 18.9. The molecule has 4 bridgehead atoms. The van der Waals surface area contributed by atoms with Gasteiger partial charge in [-0.3, -0.25) is 9.59 Å². The standard InChI is InChI=1S/C57H64O13/c1-31(2)16-15-25-55(8)26-24-38-48(68-55)37(22-21-32(3)4)50-42(49(38)67-53-46(62)45(61)44(60)40(30-58)65-53)43(59)39-28-36-29-41-54(6,7)70-56(51(36)63,57(39,41)69-50)27-23-33(5)52(64)66-47(34-17-11-9-12-18-34)35-19-13-10-14-20-35/h9-14,16-21,23-24,26,28,36,40-41,44-47,53,58,60-62H,15,22,25,27,29-30H2,1-8H3/t36?,40-,41?,44-,45-,46-,53+,55?,56?,57?/m1/s1. The summed E-state index contributed by atoms with van der Waals surface area (Å²) >= 11 is 0. The molecule has 3 aromatic carbocycles. The van der Waals surface area contributed by atoms with Crippen molar-refractivity contribution in [1.29, 1.82) is 0 Å². The van der Waals surface area contributed by atoms with Gasteiger partial charge in [-0.2, -0.15) is 0 Å². The van der Waals surface area contributed by atoms with Gasteiger partial charge in [-0.05, 0) is 104 Å². The number of rotatable bonds is 14. The maximum Gasteiger partial charge on any atom is 0.334 e. The van der Waals surface area contributed by atoms with E-state index in [1.807, 2.05) is 127 Å². The maximum absolute atomic E-state index is 15.9. The highest BCUT2D eigenvalue weighted by Crippen LogP contribution is 2.69. The first-order valence-electron chi connectivity index (χ1n) is 24.3. The Morgan fingerprint density at radius 3 is 2.13 bits per heavy atom. The minimum atomic E-state index is -1.81. The summed E-state index contributed by atoms with van der Waals surface area (Å²) in [4.78, 5) is 45.3. The summed E-state index contributed by atoms with van der Waals surface area (Å²) in [5, 5.41) is 43.1. The van der Waals surface area contributed by atoms with Gasteiger partial charge in [0.15, 0.2) is 28.9 Å². The number of carbonyl (C=O) groups is 3. The Morgan fingerprint density at radius 2 is 1.50 bits per heavy atom. The monoisotopic (exact) mass is 956 g/mol. The fourth-order valence-electron chi connectivity index (χ4n) is 11.3. The highest BCUT2D eigenvalue weighted by Gasteiger charge is 2.81. The quantitative estimate of drug-likeness (QED) is 0.0693. The van der Waals surface area contributed by atoms with Gasteiger partial charge in [-0.25, -0.2) is 4.79 Å². The van der Waals surface area contributed by atoms with E-state index in [4.69, 9.17) is 28.4 Å². The molecule has 4 aliphatic heterocycles. The van der Waals surface area contributed by atoms with E-state index >= 15 is 9.59 Å². The van der Waals surface area contributed by atoms with Gasteiger partial charge in [0.1, 0.15) is 52.8 Å². The molecule has 4 N–H and O–H groups in total. The number of Topliss-reactive ketones (excluding diaryl/α,β-unsaturated/α-hetero) is 2. The molecule has 2 saturated heterocycles. The van der Waals surface area contributed by atoms with Crippen LogP contribution in [-0.4, -0.2) is 97.7 Å². The van der Waals surface area contributed by atoms with Crippen molar-refractivity contribution in [3.05, 3.63) is 141 Å². The third kappa shape index (κ3) is 8.18. The van der Waals surface area contributed by atoms with Gasteiger partial charge in [0.2, 0.25) is 6.29 Å². The summed E-state index contributed by atoms with van der Waals surface area (Å²) < 4.78 is 40.4. The fourth-order valence-corrected chi connectivity index (χ4v) is 11.3. The first kappa shape index (κ1) is 49.3. The Bertz CT molecular complexity index is 2680. The predicted molar refractivity (Wildman–Crippen MR) is 260 cm³/mol. The van der Waals surface area contributed by atoms with Crippen LogP contribution in [0.15, 0.2) is 113 Å². The lowest BCUT2D eigenvalue weighted by Crippen LogP contribution is -2.72. The van der Waals surface area contributed by atoms with Gasteiger partial charge in [-0.15, -0.1) is 0 Å².